The summed E-state index contributed by atoms with van der Waals surface area (Å²) in [5, 5.41) is 4.16. The van der Waals surface area contributed by atoms with E-state index in [-0.39, 0.29) is 18.2 Å². The Kier molecular flexibility index (Phi) is 9.77. The summed E-state index contributed by atoms with van der Waals surface area (Å²) in [4.78, 5) is 47.7. The number of alkyl halides is 2. The summed E-state index contributed by atoms with van der Waals surface area (Å²) >= 11 is 10.9. The Labute approximate surface area is 214 Å². The molecule has 2 N–H and O–H groups in total. The van der Waals surface area contributed by atoms with Gasteiger partial charge in [0.1, 0.15) is 29.1 Å². The van der Waals surface area contributed by atoms with Crippen molar-refractivity contribution in [2.75, 3.05) is 18.4 Å². The Morgan fingerprint density at radius 2 is 1.63 bits per heavy atom. The first-order valence-electron chi connectivity index (χ1n) is 11.6. The average Bonchev–Trinajstić information content (AvgIpc) is 3.63. The fourth-order valence-electron chi connectivity index (χ4n) is 4.63. The largest absolute Gasteiger partial charge is 0.446 e. The van der Waals surface area contributed by atoms with E-state index in [1.165, 1.54) is 5.56 Å². The molecule has 3 rings (SSSR count). The van der Waals surface area contributed by atoms with E-state index in [0.29, 0.717) is 25.9 Å². The molecule has 4 amide bonds. The summed E-state index contributed by atoms with van der Waals surface area (Å²) in [5.74, 6) is -2.11. The summed E-state index contributed by atoms with van der Waals surface area (Å²) < 4.78 is 17.1. The van der Waals surface area contributed by atoms with Gasteiger partial charge in [-0.2, -0.15) is 0 Å². The van der Waals surface area contributed by atoms with Crippen LogP contribution in [0.3, 0.4) is 0 Å². The predicted octanol–water partition coefficient (Wildman–Crippen LogP) is 3.83. The second kappa shape index (κ2) is 12.6. The van der Waals surface area contributed by atoms with Crippen LogP contribution in [-0.2, 0) is 30.2 Å². The number of carbonyl (C=O) groups excluding carboxylic acids is 4. The van der Waals surface area contributed by atoms with Crippen LogP contribution >= 0.6 is 23.2 Å². The molecule has 0 unspecified atom stereocenters. The van der Waals surface area contributed by atoms with E-state index in [2.05, 4.69) is 17.4 Å². The van der Waals surface area contributed by atoms with E-state index >= 15 is 0 Å². The number of aryl methyl sites for hydroxylation is 1. The topological polar surface area (TPSA) is 123 Å². The van der Waals surface area contributed by atoms with Crippen LogP contribution in [-0.4, -0.2) is 59.7 Å². The van der Waals surface area contributed by atoms with E-state index in [0.717, 1.165) is 25.7 Å². The molecule has 1 spiro atoms. The number of halogens is 2. The third-order valence-corrected chi connectivity index (χ3v) is 6.91. The monoisotopic (exact) mass is 528 g/mol. The third-order valence-electron chi connectivity index (χ3n) is 6.43. The van der Waals surface area contributed by atoms with E-state index < -0.39 is 41.3 Å². The molecule has 9 nitrogen and oxygen atoms in total. The molecule has 192 valence electrons. The van der Waals surface area contributed by atoms with Gasteiger partial charge in [0.25, 0.3) is 0 Å². The minimum Gasteiger partial charge on any atom is -0.446 e. The maximum atomic E-state index is 12.5. The quantitative estimate of drug-likeness (QED) is 0.268. The van der Waals surface area contributed by atoms with E-state index in [4.69, 9.17) is 37.4 Å². The molecule has 0 bridgehead atoms. The first-order valence-corrected chi connectivity index (χ1v) is 12.7. The first-order chi connectivity index (χ1) is 16.8. The average molecular weight is 529 g/mol. The number of unbranched alkanes of at least 4 members (excludes halogenated alkanes) is 2. The summed E-state index contributed by atoms with van der Waals surface area (Å²) in [6.45, 7) is 0.400. The lowest BCUT2D eigenvalue weighted by molar-refractivity contribution is -0.124. The molecule has 1 saturated carbocycles. The van der Waals surface area contributed by atoms with Gasteiger partial charge >= 0.3 is 12.2 Å². The van der Waals surface area contributed by atoms with Crippen molar-refractivity contribution in [3.8, 4) is 0 Å². The number of ether oxygens (including phenoxy) is 3. The Bertz CT molecular complexity index is 910. The first kappa shape index (κ1) is 27.2. The number of nitrogens with one attached hydrogen (secondary N) is 2. The minimum atomic E-state index is -1.10. The number of hydrogen-bond donors (Lipinski definition) is 2. The molecule has 2 fully saturated rings. The van der Waals surface area contributed by atoms with Crippen LogP contribution in [0, 0.1) is 0 Å². The van der Waals surface area contributed by atoms with Crippen molar-refractivity contribution in [1.29, 1.82) is 0 Å². The van der Waals surface area contributed by atoms with Crippen LogP contribution in [0.5, 0.6) is 0 Å². The van der Waals surface area contributed by atoms with E-state index in [1.54, 1.807) is 0 Å². The molecule has 1 heterocycles. The summed E-state index contributed by atoms with van der Waals surface area (Å²) in [6.07, 6.45) is 2.67. The lowest BCUT2D eigenvalue weighted by atomic mass is 9.71. The van der Waals surface area contributed by atoms with Crippen LogP contribution < -0.4 is 10.6 Å². The number of benzene rings is 1. The highest BCUT2D eigenvalue weighted by Gasteiger charge is 2.66. The molecule has 1 aliphatic carbocycles. The lowest BCUT2D eigenvalue weighted by Crippen LogP contribution is -2.57. The highest BCUT2D eigenvalue weighted by atomic mass is 35.5. The molecule has 2 aliphatic rings. The van der Waals surface area contributed by atoms with Crippen molar-refractivity contribution in [3.63, 3.8) is 0 Å². The Morgan fingerprint density at radius 1 is 0.971 bits per heavy atom. The number of alkyl carbamates (subject to hydrolysis) is 2. The van der Waals surface area contributed by atoms with E-state index in [1.807, 2.05) is 23.5 Å². The van der Waals surface area contributed by atoms with Crippen molar-refractivity contribution in [1.82, 2.24) is 10.6 Å². The van der Waals surface area contributed by atoms with Gasteiger partial charge in [-0.25, -0.2) is 9.59 Å². The van der Waals surface area contributed by atoms with Crippen molar-refractivity contribution in [2.45, 2.75) is 68.7 Å². The fourth-order valence-corrected chi connectivity index (χ4v) is 4.76. The number of hydrogen-bond acceptors (Lipinski definition) is 7. The van der Waals surface area contributed by atoms with Crippen molar-refractivity contribution in [2.24, 2.45) is 0 Å². The SMILES string of the molecule is O=C(CCl)NC(=O)O[C@@H]1CC[C@]2(CO2)[C@](CCCCCc2ccccc2)(OC(=O)NC(=O)CCl)C1. The maximum absolute atomic E-state index is 12.5. The molecule has 1 saturated heterocycles. The van der Waals surface area contributed by atoms with Gasteiger partial charge in [0.15, 0.2) is 0 Å². The minimum absolute atomic E-state index is 0.177. The van der Waals surface area contributed by atoms with Crippen molar-refractivity contribution in [3.05, 3.63) is 35.9 Å². The Morgan fingerprint density at radius 3 is 2.26 bits per heavy atom. The van der Waals surface area contributed by atoms with Gasteiger partial charge in [-0.1, -0.05) is 36.8 Å². The van der Waals surface area contributed by atoms with Gasteiger partial charge in [0, 0.05) is 6.42 Å². The number of rotatable bonds is 10. The normalized spacial score (nSPS) is 24.9. The van der Waals surface area contributed by atoms with Crippen LogP contribution in [0.15, 0.2) is 30.3 Å². The van der Waals surface area contributed by atoms with Gasteiger partial charge in [0.2, 0.25) is 11.8 Å². The van der Waals surface area contributed by atoms with Gasteiger partial charge in [-0.3, -0.25) is 20.2 Å². The summed E-state index contributed by atoms with van der Waals surface area (Å²) in [6, 6.07) is 10.2. The highest BCUT2D eigenvalue weighted by molar-refractivity contribution is 6.28. The predicted molar refractivity (Wildman–Crippen MR) is 128 cm³/mol. The van der Waals surface area contributed by atoms with Gasteiger partial charge in [0.05, 0.1) is 6.61 Å². The second-order valence-corrected chi connectivity index (χ2v) is 9.38. The van der Waals surface area contributed by atoms with Gasteiger partial charge < -0.3 is 14.2 Å². The van der Waals surface area contributed by atoms with Crippen LogP contribution in [0.1, 0.15) is 50.5 Å². The second-order valence-electron chi connectivity index (χ2n) is 8.85. The standard InChI is InChI=1S/C24H30Cl2N2O7/c25-14-19(29)27-21(31)34-18-10-12-24(16-33-24)23(13-18,35-22(32)28-20(30)15-26)11-6-2-5-9-17-7-3-1-4-8-17/h1,3-4,7-8,18H,2,5-6,9-16H2,(H,27,29,31)(H,28,30,32)/t18-,23-,24+/m1/s1. The number of carbonyl (C=O) groups is 4. The zero-order valence-corrected chi connectivity index (χ0v) is 20.9. The number of amides is 4. The van der Waals surface area contributed by atoms with Crippen molar-refractivity contribution < 1.29 is 33.4 Å². The highest BCUT2D eigenvalue weighted by Crippen LogP contribution is 2.53. The lowest BCUT2D eigenvalue weighted by Gasteiger charge is -2.44. The molecule has 1 aromatic rings. The maximum Gasteiger partial charge on any atom is 0.414 e. The van der Waals surface area contributed by atoms with Crippen LogP contribution in [0.2, 0.25) is 0 Å². The zero-order valence-electron chi connectivity index (χ0n) is 19.4. The van der Waals surface area contributed by atoms with Gasteiger partial charge in [-0.15, -0.1) is 23.2 Å². The Balaban J connectivity index is 1.66. The summed E-state index contributed by atoms with van der Waals surface area (Å²) in [7, 11) is 0. The molecule has 11 heteroatoms. The molecule has 0 aromatic heterocycles. The zero-order chi connectivity index (χ0) is 25.3. The molecule has 3 atom stereocenters. The molecule has 1 aromatic carbocycles. The van der Waals surface area contributed by atoms with Crippen LogP contribution in [0.4, 0.5) is 9.59 Å². The molecule has 0 radical (unpaired) electrons. The van der Waals surface area contributed by atoms with Crippen molar-refractivity contribution >= 4 is 47.2 Å². The molecule has 1 aliphatic heterocycles. The molecule has 35 heavy (non-hydrogen) atoms. The van der Waals surface area contributed by atoms with E-state index in [9.17, 15) is 19.2 Å². The molecular formula is C24H30Cl2N2O7. The third kappa shape index (κ3) is 7.56. The molecular weight excluding hydrogens is 499 g/mol. The number of imide groups is 2. The Hall–Kier alpha value is -2.36. The smallest absolute Gasteiger partial charge is 0.414 e. The summed E-state index contributed by atoms with van der Waals surface area (Å²) in [5.41, 5.74) is -0.547. The van der Waals surface area contributed by atoms with Gasteiger partial charge in [-0.05, 0) is 44.1 Å². The fraction of sp³-hybridized carbons (Fsp3) is 0.583. The number of epoxide rings is 1. The van der Waals surface area contributed by atoms with Crippen LogP contribution in [0.25, 0.3) is 0 Å².